The minimum Gasteiger partial charge on any atom is -0.299 e. The number of hydrogen-bond donors (Lipinski definition) is 0. The molecular formula is C29H39NO3S2. The summed E-state index contributed by atoms with van der Waals surface area (Å²) in [4.78, 5) is 14.0. The molecule has 0 amide bonds. The van der Waals surface area contributed by atoms with E-state index in [2.05, 4.69) is 64.1 Å². The van der Waals surface area contributed by atoms with Crippen molar-refractivity contribution in [3.8, 4) is 0 Å². The van der Waals surface area contributed by atoms with Crippen LogP contribution in [0, 0.1) is 35.5 Å². The number of rotatable bonds is 8. The molecule has 1 aromatic carbocycles. The van der Waals surface area contributed by atoms with Crippen LogP contribution in [-0.2, 0) is 14.8 Å². The van der Waals surface area contributed by atoms with Crippen LogP contribution < -0.4 is 0 Å². The van der Waals surface area contributed by atoms with E-state index in [1.165, 1.54) is 28.5 Å². The van der Waals surface area contributed by atoms with Gasteiger partial charge in [0.2, 0.25) is 0 Å². The molecule has 0 radical (unpaired) electrons. The maximum atomic E-state index is 13.3. The third kappa shape index (κ3) is 4.98. The van der Waals surface area contributed by atoms with Gasteiger partial charge in [-0.05, 0) is 78.2 Å². The monoisotopic (exact) mass is 513 g/mol. The van der Waals surface area contributed by atoms with Crippen LogP contribution in [-0.4, -0.2) is 25.0 Å². The van der Waals surface area contributed by atoms with Gasteiger partial charge in [0.15, 0.2) is 0 Å². The SMILES string of the molecule is CCCC(C)(C)/C(=C1/C=CC(=NS(=O)(=O)CC23CCC(CC2=O)C3C(C)C)S1)c1ccccc1C. The number of fused-ring (bicyclic) bond motifs is 2. The number of benzene rings is 1. The van der Waals surface area contributed by atoms with Gasteiger partial charge >= 0.3 is 0 Å². The molecule has 0 N–H and O–H groups in total. The highest BCUT2D eigenvalue weighted by atomic mass is 32.2. The lowest BCUT2D eigenvalue weighted by Crippen LogP contribution is -2.39. The van der Waals surface area contributed by atoms with Crippen LogP contribution in [0.15, 0.2) is 45.7 Å². The first-order chi connectivity index (χ1) is 16.4. The second-order valence-electron chi connectivity index (χ2n) is 11.6. The summed E-state index contributed by atoms with van der Waals surface area (Å²) < 4.78 is 30.9. The van der Waals surface area contributed by atoms with E-state index in [1.807, 2.05) is 18.2 Å². The minimum absolute atomic E-state index is 0.0690. The van der Waals surface area contributed by atoms with Crippen molar-refractivity contribution in [1.82, 2.24) is 0 Å². The molecule has 1 heterocycles. The lowest BCUT2D eigenvalue weighted by molar-refractivity contribution is -0.127. The van der Waals surface area contributed by atoms with Crippen LogP contribution in [0.5, 0.6) is 0 Å². The molecule has 6 heteroatoms. The lowest BCUT2D eigenvalue weighted by atomic mass is 9.75. The van der Waals surface area contributed by atoms with Gasteiger partial charge in [0.1, 0.15) is 10.8 Å². The fourth-order valence-corrected chi connectivity index (χ4v) is 10.1. The highest BCUT2D eigenvalue weighted by Gasteiger charge is 2.61. The summed E-state index contributed by atoms with van der Waals surface area (Å²) in [6, 6.07) is 8.39. The Balaban J connectivity index is 1.66. The van der Waals surface area contributed by atoms with Crippen molar-refractivity contribution >= 4 is 38.2 Å². The summed E-state index contributed by atoms with van der Waals surface area (Å²) in [5, 5.41) is 0.496. The molecule has 4 nitrogen and oxygen atoms in total. The van der Waals surface area contributed by atoms with Crippen molar-refractivity contribution in [1.29, 1.82) is 0 Å². The van der Waals surface area contributed by atoms with Gasteiger partial charge in [0, 0.05) is 16.7 Å². The molecule has 0 saturated heterocycles. The van der Waals surface area contributed by atoms with Crippen molar-refractivity contribution in [2.45, 2.75) is 73.6 Å². The molecule has 2 saturated carbocycles. The summed E-state index contributed by atoms with van der Waals surface area (Å²) in [5.74, 6) is 0.758. The van der Waals surface area contributed by atoms with Crippen molar-refractivity contribution in [3.63, 3.8) is 0 Å². The number of thioether (sulfide) groups is 1. The molecule has 2 aliphatic carbocycles. The largest absolute Gasteiger partial charge is 0.299 e. The third-order valence-corrected chi connectivity index (χ3v) is 10.8. The van der Waals surface area contributed by atoms with Crippen molar-refractivity contribution in [3.05, 3.63) is 52.4 Å². The smallest absolute Gasteiger partial charge is 0.255 e. The van der Waals surface area contributed by atoms with Gasteiger partial charge in [-0.3, -0.25) is 4.79 Å². The zero-order chi connectivity index (χ0) is 25.6. The van der Waals surface area contributed by atoms with Gasteiger partial charge in [-0.15, -0.1) is 0 Å². The second kappa shape index (κ2) is 9.66. The number of sulfonamides is 1. The zero-order valence-corrected chi connectivity index (χ0v) is 23.6. The highest BCUT2D eigenvalue weighted by Crippen LogP contribution is 2.59. The number of hydrogen-bond acceptors (Lipinski definition) is 4. The Kier molecular flexibility index (Phi) is 7.29. The summed E-state index contributed by atoms with van der Waals surface area (Å²) in [7, 11) is -3.79. The normalized spacial score (nSPS) is 29.1. The fourth-order valence-electron chi connectivity index (χ4n) is 7.11. The molecule has 190 valence electrons. The lowest BCUT2D eigenvalue weighted by Gasteiger charge is -2.31. The first kappa shape index (κ1) is 26.4. The van der Waals surface area contributed by atoms with E-state index in [-0.39, 0.29) is 22.9 Å². The van der Waals surface area contributed by atoms with E-state index in [0.29, 0.717) is 29.7 Å². The Labute approximate surface area is 215 Å². The molecular weight excluding hydrogens is 474 g/mol. The average Bonchev–Trinajstić information content (AvgIpc) is 3.40. The summed E-state index contributed by atoms with van der Waals surface area (Å²) in [6.07, 6.45) is 8.09. The molecule has 1 aromatic rings. The Morgan fingerprint density at radius 2 is 1.94 bits per heavy atom. The summed E-state index contributed by atoms with van der Waals surface area (Å²) in [5.41, 5.74) is 2.84. The molecule has 4 rings (SSSR count). The van der Waals surface area contributed by atoms with Crippen LogP contribution in [0.25, 0.3) is 5.57 Å². The number of Topliss-reactive ketones (excluding diaryl/α,β-unsaturated/α-hetero) is 1. The first-order valence-corrected chi connectivity index (χ1v) is 15.4. The van der Waals surface area contributed by atoms with Crippen LogP contribution in [0.3, 0.4) is 0 Å². The Morgan fingerprint density at radius 3 is 2.57 bits per heavy atom. The van der Waals surface area contributed by atoms with Crippen molar-refractivity contribution < 1.29 is 13.2 Å². The van der Waals surface area contributed by atoms with Crippen molar-refractivity contribution in [2.24, 2.45) is 33.0 Å². The topological polar surface area (TPSA) is 63.6 Å². The maximum Gasteiger partial charge on any atom is 0.255 e. The number of carbonyl (C=O) groups is 1. The summed E-state index contributed by atoms with van der Waals surface area (Å²) >= 11 is 1.44. The number of aryl methyl sites for hydroxylation is 1. The number of nitrogens with zero attached hydrogens (tertiary/aromatic N) is 1. The van der Waals surface area contributed by atoms with E-state index < -0.39 is 15.4 Å². The quantitative estimate of drug-likeness (QED) is 0.368. The van der Waals surface area contributed by atoms with Gasteiger partial charge < -0.3 is 0 Å². The van der Waals surface area contributed by atoms with Gasteiger partial charge in [-0.1, -0.05) is 77.1 Å². The average molecular weight is 514 g/mol. The number of ketones is 1. The Bertz CT molecular complexity index is 1210. The molecule has 3 atom stereocenters. The molecule has 3 aliphatic rings. The van der Waals surface area contributed by atoms with Crippen LogP contribution >= 0.6 is 11.8 Å². The van der Waals surface area contributed by atoms with Gasteiger partial charge in [0.05, 0.1) is 5.75 Å². The molecule has 2 fully saturated rings. The van der Waals surface area contributed by atoms with Crippen molar-refractivity contribution in [2.75, 3.05) is 5.75 Å². The van der Waals surface area contributed by atoms with E-state index in [9.17, 15) is 13.2 Å². The fraction of sp³-hybridized carbons (Fsp3) is 0.586. The molecule has 3 unspecified atom stereocenters. The van der Waals surface area contributed by atoms with Crippen LogP contribution in [0.4, 0.5) is 0 Å². The predicted molar refractivity (Wildman–Crippen MR) is 148 cm³/mol. The predicted octanol–water partition coefficient (Wildman–Crippen LogP) is 7.21. The van der Waals surface area contributed by atoms with E-state index in [0.717, 1.165) is 24.2 Å². The second-order valence-corrected chi connectivity index (χ2v) is 14.3. The molecule has 0 spiro atoms. The van der Waals surface area contributed by atoms with Gasteiger partial charge in [0.25, 0.3) is 10.0 Å². The first-order valence-electron chi connectivity index (χ1n) is 12.9. The Hall–Kier alpha value is -1.66. The van der Waals surface area contributed by atoms with E-state index in [1.54, 1.807) is 0 Å². The zero-order valence-electron chi connectivity index (χ0n) is 21.9. The van der Waals surface area contributed by atoms with Crippen LogP contribution in [0.2, 0.25) is 0 Å². The maximum absolute atomic E-state index is 13.3. The summed E-state index contributed by atoms with van der Waals surface area (Å²) in [6.45, 7) is 13.1. The molecule has 35 heavy (non-hydrogen) atoms. The van der Waals surface area contributed by atoms with Gasteiger partial charge in [-0.2, -0.15) is 4.40 Å². The van der Waals surface area contributed by atoms with E-state index >= 15 is 0 Å². The van der Waals surface area contributed by atoms with Gasteiger partial charge in [-0.25, -0.2) is 8.42 Å². The van der Waals surface area contributed by atoms with Crippen LogP contribution in [0.1, 0.15) is 77.8 Å². The minimum atomic E-state index is -3.79. The standard InChI is InChI=1S/C29H39NO3S2/c1-7-15-28(5,6)27(22-11-9-8-10-20(22)4)23-12-13-25(34-23)30-35(32,33)18-29-16-14-21(17-24(29)31)26(29)19(2)3/h8-13,19,21,26H,7,14-18H2,1-6H3/b27-23-,30-25?. The molecule has 0 aromatic heterocycles. The highest BCUT2D eigenvalue weighted by molar-refractivity contribution is 8.18. The Morgan fingerprint density at radius 1 is 1.23 bits per heavy atom. The number of allylic oxidation sites excluding steroid dienone is 2. The molecule has 2 bridgehead atoms. The third-order valence-electron chi connectivity index (χ3n) is 8.30. The number of carbonyl (C=O) groups excluding carboxylic acids is 1. The molecule has 1 aliphatic heterocycles. The van der Waals surface area contributed by atoms with E-state index in [4.69, 9.17) is 0 Å².